The molecule has 19 heavy (non-hydrogen) atoms. The summed E-state index contributed by atoms with van der Waals surface area (Å²) in [5.74, 6) is 1.02. The Kier molecular flexibility index (Phi) is 3.66. The van der Waals surface area contributed by atoms with Crippen LogP contribution in [0.2, 0.25) is 0 Å². The average Bonchev–Trinajstić information content (AvgIpc) is 2.40. The fraction of sp³-hybridized carbons (Fsp3) is 0.714. The summed E-state index contributed by atoms with van der Waals surface area (Å²) in [7, 11) is 0. The zero-order chi connectivity index (χ0) is 13.2. The minimum atomic E-state index is 0.710. The molecule has 0 atom stereocenters. The van der Waals surface area contributed by atoms with Crippen molar-refractivity contribution >= 4 is 5.82 Å². The first-order chi connectivity index (χ1) is 9.26. The van der Waals surface area contributed by atoms with Gasteiger partial charge in [-0.25, -0.2) is 4.98 Å². The van der Waals surface area contributed by atoms with Gasteiger partial charge >= 0.3 is 0 Å². The predicted molar refractivity (Wildman–Crippen MR) is 76.5 cm³/mol. The minimum Gasteiger partial charge on any atom is -0.352 e. The summed E-state index contributed by atoms with van der Waals surface area (Å²) in [6.07, 6.45) is 3.74. The first-order valence-electron chi connectivity index (χ1n) is 7.26. The summed E-state index contributed by atoms with van der Waals surface area (Å²) in [5, 5.41) is 0. The lowest BCUT2D eigenvalue weighted by molar-refractivity contribution is 0.0859. The molecule has 2 fully saturated rings. The Hall–Kier alpha value is -1.20. The lowest BCUT2D eigenvalue weighted by Crippen LogP contribution is -2.63. The van der Waals surface area contributed by atoms with E-state index < -0.39 is 0 Å². The van der Waals surface area contributed by atoms with E-state index in [9.17, 15) is 0 Å². The second-order valence-corrected chi connectivity index (χ2v) is 5.55. The van der Waals surface area contributed by atoms with E-state index >= 15 is 0 Å². The number of piperazine rings is 1. The normalized spacial score (nSPS) is 22.5. The number of likely N-dealkylation sites (N-methyl/N-ethyl adjacent to an activating group) is 1. The van der Waals surface area contributed by atoms with Crippen molar-refractivity contribution in [3.8, 4) is 0 Å². The number of hydrogen-bond donors (Lipinski definition) is 0. The van der Waals surface area contributed by atoms with Crippen molar-refractivity contribution < 1.29 is 0 Å². The van der Waals surface area contributed by atoms with Crippen LogP contribution in [0.5, 0.6) is 0 Å². The van der Waals surface area contributed by atoms with Crippen LogP contribution in [0.15, 0.2) is 12.4 Å². The molecule has 104 valence electrons. The quantitative estimate of drug-likeness (QED) is 0.797. The van der Waals surface area contributed by atoms with Crippen LogP contribution in [0, 0.1) is 6.92 Å². The van der Waals surface area contributed by atoms with Crippen LogP contribution >= 0.6 is 0 Å². The monoisotopic (exact) mass is 261 g/mol. The summed E-state index contributed by atoms with van der Waals surface area (Å²) in [5.41, 5.74) is 0.983. The Bertz CT molecular complexity index is 404. The maximum absolute atomic E-state index is 4.44. The molecule has 0 bridgehead atoms. The molecule has 2 aliphatic rings. The van der Waals surface area contributed by atoms with Crippen LogP contribution in [0.4, 0.5) is 5.82 Å². The highest BCUT2D eigenvalue weighted by Crippen LogP contribution is 2.22. The van der Waals surface area contributed by atoms with Gasteiger partial charge in [-0.2, -0.15) is 0 Å². The third-order valence-electron chi connectivity index (χ3n) is 4.32. The maximum Gasteiger partial charge on any atom is 0.147 e. The van der Waals surface area contributed by atoms with Gasteiger partial charge in [0.1, 0.15) is 5.82 Å². The molecule has 2 aliphatic heterocycles. The Morgan fingerprint density at radius 2 is 1.84 bits per heavy atom. The van der Waals surface area contributed by atoms with Gasteiger partial charge in [-0.15, -0.1) is 0 Å². The van der Waals surface area contributed by atoms with Crippen molar-refractivity contribution in [3.63, 3.8) is 0 Å². The largest absolute Gasteiger partial charge is 0.352 e. The van der Waals surface area contributed by atoms with Gasteiger partial charge in [-0.3, -0.25) is 9.88 Å². The van der Waals surface area contributed by atoms with Gasteiger partial charge in [0.2, 0.25) is 0 Å². The zero-order valence-corrected chi connectivity index (χ0v) is 11.9. The molecule has 0 N–H and O–H groups in total. The second kappa shape index (κ2) is 5.43. The summed E-state index contributed by atoms with van der Waals surface area (Å²) < 4.78 is 0. The van der Waals surface area contributed by atoms with E-state index in [1.807, 2.05) is 19.3 Å². The first kappa shape index (κ1) is 12.8. The van der Waals surface area contributed by atoms with E-state index in [1.165, 1.54) is 32.7 Å². The fourth-order valence-corrected chi connectivity index (χ4v) is 2.87. The Morgan fingerprint density at radius 1 is 1.11 bits per heavy atom. The van der Waals surface area contributed by atoms with E-state index in [0.717, 1.165) is 24.6 Å². The van der Waals surface area contributed by atoms with E-state index in [4.69, 9.17) is 0 Å². The van der Waals surface area contributed by atoms with Crippen molar-refractivity contribution in [2.45, 2.75) is 19.9 Å². The lowest BCUT2D eigenvalue weighted by Gasteiger charge is -2.48. The van der Waals surface area contributed by atoms with Gasteiger partial charge in [0.05, 0.1) is 18.1 Å². The highest BCUT2D eigenvalue weighted by Gasteiger charge is 2.33. The van der Waals surface area contributed by atoms with Crippen molar-refractivity contribution in [1.82, 2.24) is 19.8 Å². The first-order valence-corrected chi connectivity index (χ1v) is 7.26. The van der Waals surface area contributed by atoms with E-state index in [1.54, 1.807) is 0 Å². The maximum atomic E-state index is 4.44. The van der Waals surface area contributed by atoms with E-state index in [0.29, 0.717) is 6.04 Å². The number of aromatic nitrogens is 2. The topological polar surface area (TPSA) is 35.5 Å². The van der Waals surface area contributed by atoms with Crippen LogP contribution in [-0.4, -0.2) is 71.6 Å². The third-order valence-corrected chi connectivity index (χ3v) is 4.32. The molecule has 5 nitrogen and oxygen atoms in total. The van der Waals surface area contributed by atoms with Gasteiger partial charge in [-0.05, 0) is 13.5 Å². The van der Waals surface area contributed by atoms with Gasteiger partial charge in [0, 0.05) is 45.3 Å². The molecule has 0 aliphatic carbocycles. The van der Waals surface area contributed by atoms with Crippen molar-refractivity contribution in [2.75, 3.05) is 50.7 Å². The molecule has 3 heterocycles. The molecular formula is C14H23N5. The third kappa shape index (κ3) is 2.72. The Morgan fingerprint density at radius 3 is 2.42 bits per heavy atom. The highest BCUT2D eigenvalue weighted by atomic mass is 15.4. The van der Waals surface area contributed by atoms with Gasteiger partial charge in [0.15, 0.2) is 0 Å². The van der Waals surface area contributed by atoms with Crippen LogP contribution in [-0.2, 0) is 0 Å². The smallest absolute Gasteiger partial charge is 0.147 e. The number of rotatable bonds is 3. The molecule has 5 heteroatoms. The van der Waals surface area contributed by atoms with Crippen LogP contribution in [0.25, 0.3) is 0 Å². The summed E-state index contributed by atoms with van der Waals surface area (Å²) in [6, 6.07) is 0.710. The van der Waals surface area contributed by atoms with E-state index in [-0.39, 0.29) is 0 Å². The van der Waals surface area contributed by atoms with Crippen LogP contribution < -0.4 is 4.90 Å². The summed E-state index contributed by atoms with van der Waals surface area (Å²) in [4.78, 5) is 16.2. The fourth-order valence-electron chi connectivity index (χ4n) is 2.87. The van der Waals surface area contributed by atoms with Crippen molar-refractivity contribution in [2.24, 2.45) is 0 Å². The molecule has 3 rings (SSSR count). The number of nitrogens with zero attached hydrogens (tertiary/aromatic N) is 5. The summed E-state index contributed by atoms with van der Waals surface area (Å²) in [6.45, 7) is 12.5. The SMILES string of the molecule is CCN1CCN(C2CN(c3cnc(C)cn3)C2)CC1. The standard InChI is InChI=1S/C14H23N5/c1-3-17-4-6-18(7-5-17)13-10-19(11-13)14-9-15-12(2)8-16-14/h8-9,13H,3-7,10-11H2,1-2H3. The molecule has 0 radical (unpaired) electrons. The summed E-state index contributed by atoms with van der Waals surface area (Å²) >= 11 is 0. The zero-order valence-electron chi connectivity index (χ0n) is 11.9. The molecule has 0 unspecified atom stereocenters. The van der Waals surface area contributed by atoms with Gasteiger partial charge in [-0.1, -0.05) is 6.92 Å². The number of anilines is 1. The van der Waals surface area contributed by atoms with Crippen molar-refractivity contribution in [3.05, 3.63) is 18.1 Å². The molecule has 0 aromatic carbocycles. The Labute approximate surface area is 115 Å². The highest BCUT2D eigenvalue weighted by molar-refractivity contribution is 5.40. The van der Waals surface area contributed by atoms with Crippen molar-refractivity contribution in [1.29, 1.82) is 0 Å². The second-order valence-electron chi connectivity index (χ2n) is 5.55. The molecule has 2 saturated heterocycles. The molecule has 0 spiro atoms. The predicted octanol–water partition coefficient (Wildman–Crippen LogP) is 0.611. The Balaban J connectivity index is 1.49. The minimum absolute atomic E-state index is 0.710. The lowest BCUT2D eigenvalue weighted by atomic mass is 10.1. The molecule has 1 aromatic heterocycles. The number of aryl methyl sites for hydroxylation is 1. The molecule has 0 saturated carbocycles. The van der Waals surface area contributed by atoms with E-state index in [2.05, 4.69) is 31.6 Å². The molecule has 0 amide bonds. The molecule has 1 aromatic rings. The molecular weight excluding hydrogens is 238 g/mol. The van der Waals surface area contributed by atoms with Gasteiger partial charge < -0.3 is 9.80 Å². The number of hydrogen-bond acceptors (Lipinski definition) is 5. The average molecular weight is 261 g/mol. The van der Waals surface area contributed by atoms with Crippen LogP contribution in [0.1, 0.15) is 12.6 Å². The van der Waals surface area contributed by atoms with Gasteiger partial charge in [0.25, 0.3) is 0 Å². The van der Waals surface area contributed by atoms with Crippen LogP contribution in [0.3, 0.4) is 0 Å².